The molecule has 0 aliphatic rings. The summed E-state index contributed by atoms with van der Waals surface area (Å²) >= 11 is 7.68. The fraction of sp³-hybridized carbons (Fsp3) is 0.733. The van der Waals surface area contributed by atoms with Crippen LogP contribution in [0.5, 0.6) is 0 Å². The van der Waals surface area contributed by atoms with Gasteiger partial charge in [0.15, 0.2) is 0 Å². The molecule has 1 N–H and O–H groups in total. The molecule has 0 aromatic carbocycles. The number of hydrogen-bond donors (Lipinski definition) is 1. The van der Waals surface area contributed by atoms with E-state index in [1.165, 1.54) is 4.88 Å². The van der Waals surface area contributed by atoms with E-state index in [0.717, 1.165) is 23.7 Å². The summed E-state index contributed by atoms with van der Waals surface area (Å²) in [5.41, 5.74) is 0.112. The van der Waals surface area contributed by atoms with E-state index in [9.17, 15) is 0 Å². The average Bonchev–Trinajstić information content (AvgIpc) is 2.70. The van der Waals surface area contributed by atoms with Gasteiger partial charge in [0.2, 0.25) is 0 Å². The summed E-state index contributed by atoms with van der Waals surface area (Å²) in [5, 5.41) is 3.62. The van der Waals surface area contributed by atoms with Crippen LogP contribution in [0.4, 0.5) is 0 Å². The van der Waals surface area contributed by atoms with Crippen LogP contribution < -0.4 is 5.32 Å². The van der Waals surface area contributed by atoms with Crippen LogP contribution in [0.25, 0.3) is 0 Å². The van der Waals surface area contributed by atoms with Crippen LogP contribution in [0.15, 0.2) is 12.1 Å². The lowest BCUT2D eigenvalue weighted by Gasteiger charge is -2.36. The quantitative estimate of drug-likeness (QED) is 0.807. The first-order chi connectivity index (χ1) is 8.88. The van der Waals surface area contributed by atoms with E-state index in [0.29, 0.717) is 6.04 Å². The molecule has 1 aromatic heterocycles. The normalized spacial score (nSPS) is 15.5. The van der Waals surface area contributed by atoms with Gasteiger partial charge >= 0.3 is 0 Å². The van der Waals surface area contributed by atoms with Crippen molar-refractivity contribution in [1.82, 2.24) is 5.32 Å². The first-order valence-corrected chi connectivity index (χ1v) is 8.08. The van der Waals surface area contributed by atoms with E-state index >= 15 is 0 Å². The summed E-state index contributed by atoms with van der Waals surface area (Å²) in [6.45, 7) is 9.88. The van der Waals surface area contributed by atoms with E-state index in [4.69, 9.17) is 16.3 Å². The maximum absolute atomic E-state index is 6.02. The van der Waals surface area contributed by atoms with Crippen LogP contribution in [-0.2, 0) is 11.2 Å². The minimum absolute atomic E-state index is 0.112. The molecule has 110 valence electrons. The molecule has 0 spiro atoms. The van der Waals surface area contributed by atoms with Crippen LogP contribution in [0.2, 0.25) is 4.34 Å². The Morgan fingerprint density at radius 2 is 2.05 bits per heavy atom. The lowest BCUT2D eigenvalue weighted by Crippen LogP contribution is -2.49. The molecule has 0 aliphatic heterocycles. The molecule has 4 heteroatoms. The Balaban J connectivity index is 2.80. The van der Waals surface area contributed by atoms with Gasteiger partial charge in [0.25, 0.3) is 0 Å². The number of hydrogen-bond acceptors (Lipinski definition) is 3. The van der Waals surface area contributed by atoms with E-state index < -0.39 is 0 Å². The molecule has 0 saturated carbocycles. The van der Waals surface area contributed by atoms with Gasteiger partial charge in [-0.2, -0.15) is 0 Å². The summed E-state index contributed by atoms with van der Waals surface area (Å²) in [5.74, 6) is 0. The molecule has 0 fully saturated rings. The predicted octanol–water partition coefficient (Wildman–Crippen LogP) is 4.37. The Morgan fingerprint density at radius 3 is 2.47 bits per heavy atom. The maximum Gasteiger partial charge on any atom is 0.0931 e. The number of halogens is 1. The Labute approximate surface area is 126 Å². The lowest BCUT2D eigenvalue weighted by molar-refractivity contribution is -0.0107. The second-order valence-corrected chi connectivity index (χ2v) is 7.79. The molecule has 2 nitrogen and oxygen atoms in total. The summed E-state index contributed by atoms with van der Waals surface area (Å²) in [6.07, 6.45) is 2.27. The summed E-state index contributed by atoms with van der Waals surface area (Å²) in [7, 11) is 1.80. The first-order valence-electron chi connectivity index (χ1n) is 6.89. The Bertz CT molecular complexity index is 372. The zero-order valence-corrected chi connectivity index (χ0v) is 14.2. The molecule has 0 amide bonds. The average molecular weight is 304 g/mol. The minimum Gasteiger partial charge on any atom is -0.379 e. The van der Waals surface area contributed by atoms with Crippen molar-refractivity contribution < 1.29 is 4.74 Å². The van der Waals surface area contributed by atoms with Crippen LogP contribution in [-0.4, -0.2) is 25.8 Å². The van der Waals surface area contributed by atoms with Crippen LogP contribution in [0.1, 0.15) is 39.0 Å². The van der Waals surface area contributed by atoms with Gasteiger partial charge < -0.3 is 10.1 Å². The third kappa shape index (κ3) is 5.42. The van der Waals surface area contributed by atoms with Crippen molar-refractivity contribution in [2.75, 3.05) is 13.7 Å². The molecule has 1 heterocycles. The predicted molar refractivity (Wildman–Crippen MR) is 85.4 cm³/mol. The summed E-state index contributed by atoms with van der Waals surface area (Å²) in [4.78, 5) is 1.31. The first kappa shape index (κ1) is 17.0. The highest BCUT2D eigenvalue weighted by Gasteiger charge is 2.32. The molecular weight excluding hydrogens is 278 g/mol. The highest BCUT2D eigenvalue weighted by Crippen LogP contribution is 2.29. The molecular formula is C15H26ClNOS. The van der Waals surface area contributed by atoms with Gasteiger partial charge in [0.1, 0.15) is 0 Å². The number of nitrogens with one attached hydrogen (secondary N) is 1. The van der Waals surface area contributed by atoms with E-state index in [1.54, 1.807) is 18.4 Å². The van der Waals surface area contributed by atoms with Crippen molar-refractivity contribution >= 4 is 22.9 Å². The van der Waals surface area contributed by atoms with Gasteiger partial charge in [-0.25, -0.2) is 0 Å². The van der Waals surface area contributed by atoms with Gasteiger partial charge in [-0.05, 0) is 36.9 Å². The second-order valence-electron chi connectivity index (χ2n) is 5.99. The zero-order valence-electron chi connectivity index (χ0n) is 12.6. The van der Waals surface area contributed by atoms with Crippen LogP contribution in [0, 0.1) is 5.41 Å². The van der Waals surface area contributed by atoms with Gasteiger partial charge in [0, 0.05) is 18.0 Å². The van der Waals surface area contributed by atoms with E-state index in [-0.39, 0.29) is 11.5 Å². The molecule has 0 saturated heterocycles. The van der Waals surface area contributed by atoms with Gasteiger partial charge in [-0.1, -0.05) is 39.3 Å². The molecule has 0 aliphatic carbocycles. The standard InChI is InChI=1S/C15H26ClNOS/c1-6-9-17-12(14(18-5)15(2,3)4)10-11-7-8-13(16)19-11/h7-8,12,14,17H,6,9-10H2,1-5H3. The Hall–Kier alpha value is -0.0900. The fourth-order valence-corrected chi connectivity index (χ4v) is 3.56. The van der Waals surface area contributed by atoms with Crippen molar-refractivity contribution in [2.45, 2.75) is 52.7 Å². The van der Waals surface area contributed by atoms with Crippen molar-refractivity contribution in [3.05, 3.63) is 21.3 Å². The molecule has 0 radical (unpaired) electrons. The number of thiophene rings is 1. The smallest absolute Gasteiger partial charge is 0.0931 e. The fourth-order valence-electron chi connectivity index (χ4n) is 2.42. The molecule has 2 atom stereocenters. The van der Waals surface area contributed by atoms with Gasteiger partial charge in [-0.3, -0.25) is 0 Å². The lowest BCUT2D eigenvalue weighted by atomic mass is 9.83. The highest BCUT2D eigenvalue weighted by molar-refractivity contribution is 7.16. The van der Waals surface area contributed by atoms with Gasteiger partial charge in [0.05, 0.1) is 10.4 Å². The van der Waals surface area contributed by atoms with Crippen molar-refractivity contribution in [1.29, 1.82) is 0 Å². The largest absolute Gasteiger partial charge is 0.379 e. The van der Waals surface area contributed by atoms with Gasteiger partial charge in [-0.15, -0.1) is 11.3 Å². The zero-order chi connectivity index (χ0) is 14.5. The van der Waals surface area contributed by atoms with Crippen molar-refractivity contribution in [3.8, 4) is 0 Å². The summed E-state index contributed by atoms with van der Waals surface area (Å²) < 4.78 is 6.62. The molecule has 0 bridgehead atoms. The van der Waals surface area contributed by atoms with Crippen LogP contribution >= 0.6 is 22.9 Å². The van der Waals surface area contributed by atoms with Crippen LogP contribution in [0.3, 0.4) is 0 Å². The van der Waals surface area contributed by atoms with Crippen molar-refractivity contribution in [2.24, 2.45) is 5.41 Å². The SMILES string of the molecule is CCCNC(Cc1ccc(Cl)s1)C(OC)C(C)(C)C. The molecule has 1 aromatic rings. The van der Waals surface area contributed by atoms with E-state index in [1.807, 2.05) is 6.07 Å². The minimum atomic E-state index is 0.112. The Kier molecular flexibility index (Phi) is 6.81. The summed E-state index contributed by atoms with van der Waals surface area (Å²) in [6, 6.07) is 4.40. The molecule has 1 rings (SSSR count). The van der Waals surface area contributed by atoms with E-state index in [2.05, 4.69) is 39.1 Å². The Morgan fingerprint density at radius 1 is 1.37 bits per heavy atom. The number of rotatable bonds is 7. The topological polar surface area (TPSA) is 21.3 Å². The molecule has 19 heavy (non-hydrogen) atoms. The number of methoxy groups -OCH3 is 1. The molecule has 2 unspecified atom stereocenters. The highest BCUT2D eigenvalue weighted by atomic mass is 35.5. The maximum atomic E-state index is 6.02. The number of ether oxygens (including phenoxy) is 1. The monoisotopic (exact) mass is 303 g/mol. The third-order valence-corrected chi connectivity index (χ3v) is 4.43. The van der Waals surface area contributed by atoms with Crippen molar-refractivity contribution in [3.63, 3.8) is 0 Å². The second kappa shape index (κ2) is 7.63. The third-order valence-electron chi connectivity index (χ3n) is 3.18.